The molecule has 0 radical (unpaired) electrons. The second kappa shape index (κ2) is 12.9. The minimum absolute atomic E-state index is 0.00928. The van der Waals surface area contributed by atoms with Crippen LogP contribution in [0.5, 0.6) is 0 Å². The molecule has 40 heavy (non-hydrogen) atoms. The van der Waals surface area contributed by atoms with E-state index in [2.05, 4.69) is 31.2 Å². The highest BCUT2D eigenvalue weighted by atomic mass is 32.2. The van der Waals surface area contributed by atoms with Gasteiger partial charge in [-0.2, -0.15) is 0 Å². The zero-order valence-electron chi connectivity index (χ0n) is 23.6. The molecule has 1 aromatic carbocycles. The van der Waals surface area contributed by atoms with Crippen LogP contribution in [0.15, 0.2) is 54.6 Å². The van der Waals surface area contributed by atoms with E-state index < -0.39 is 22.6 Å². The summed E-state index contributed by atoms with van der Waals surface area (Å²) in [6.45, 7) is 5.09. The molecule has 0 saturated carbocycles. The predicted molar refractivity (Wildman–Crippen MR) is 158 cm³/mol. The Hall–Kier alpha value is -2.58. The van der Waals surface area contributed by atoms with Gasteiger partial charge in [0.25, 0.3) is 0 Å². The minimum atomic E-state index is -0.746. The summed E-state index contributed by atoms with van der Waals surface area (Å²) in [5.41, 5.74) is 1.07. The minimum Gasteiger partial charge on any atom is -0.396 e. The number of likely N-dealkylation sites (tertiary alicyclic amines) is 1. The lowest BCUT2D eigenvalue weighted by Crippen LogP contribution is -2.53. The van der Waals surface area contributed by atoms with Crippen molar-refractivity contribution in [2.75, 3.05) is 32.8 Å². The Morgan fingerprint density at radius 3 is 2.40 bits per heavy atom. The van der Waals surface area contributed by atoms with Crippen LogP contribution >= 0.6 is 11.8 Å². The molecule has 1 aromatic rings. The molecule has 4 aliphatic heterocycles. The third-order valence-electron chi connectivity index (χ3n) is 8.88. The van der Waals surface area contributed by atoms with Gasteiger partial charge in [0.05, 0.1) is 16.6 Å². The standard InChI is InChI=1S/C32H43N3O4S/c1-2-3-9-18-33-20-13-17-32-27(30(38)35(28(32)31(33)39)21-10-4-5-11-22-36)26-25(40-32)16-12-19-34(29(26)37)23-24-14-7-6-8-15-24/h6-8,12-17,25-28,36H,2-5,9-11,18-23H2,1H3/t25-,26+,27+,28?,32+/m1/s1. The molecule has 3 amide bonds. The third-order valence-corrected chi connectivity index (χ3v) is 10.6. The molecule has 1 N–H and O–H groups in total. The van der Waals surface area contributed by atoms with Crippen molar-refractivity contribution in [3.8, 4) is 0 Å². The average molecular weight is 566 g/mol. The SMILES string of the molecule is CCCCCN1CC=C[C@]23S[C@@H]4C=CCN(Cc5ccccc5)C(=O)[C@@H]4[C@H]2C(=O)N(CCCCCCO)C3C1=O. The van der Waals surface area contributed by atoms with Crippen molar-refractivity contribution in [1.82, 2.24) is 14.7 Å². The molecule has 0 bridgehead atoms. The summed E-state index contributed by atoms with van der Waals surface area (Å²) in [5, 5.41) is 9.03. The number of carbonyl (C=O) groups is 3. The summed E-state index contributed by atoms with van der Waals surface area (Å²) < 4.78 is -0.746. The molecule has 216 valence electrons. The number of hydrogen-bond acceptors (Lipinski definition) is 5. The van der Waals surface area contributed by atoms with Gasteiger partial charge in [0, 0.05) is 44.6 Å². The fourth-order valence-corrected chi connectivity index (χ4v) is 8.93. The number of carbonyl (C=O) groups excluding carboxylic acids is 3. The lowest BCUT2D eigenvalue weighted by Gasteiger charge is -2.35. The number of amides is 3. The van der Waals surface area contributed by atoms with Crippen LogP contribution in [0.2, 0.25) is 0 Å². The highest BCUT2D eigenvalue weighted by molar-refractivity contribution is 8.02. The summed E-state index contributed by atoms with van der Waals surface area (Å²) in [6, 6.07) is 9.39. The molecule has 5 rings (SSSR count). The number of unbranched alkanes of at least 4 members (excludes halogenated alkanes) is 5. The first-order valence-electron chi connectivity index (χ1n) is 15.1. The number of aliphatic hydroxyl groups excluding tert-OH is 1. The molecule has 4 heterocycles. The van der Waals surface area contributed by atoms with E-state index >= 15 is 0 Å². The second-order valence-electron chi connectivity index (χ2n) is 11.5. The van der Waals surface area contributed by atoms with Gasteiger partial charge < -0.3 is 19.8 Å². The van der Waals surface area contributed by atoms with Crippen molar-refractivity contribution < 1.29 is 19.5 Å². The molecule has 8 heteroatoms. The first kappa shape index (κ1) is 28.9. The highest BCUT2D eigenvalue weighted by Gasteiger charge is 2.70. The van der Waals surface area contributed by atoms with Crippen molar-refractivity contribution in [2.45, 2.75) is 74.5 Å². The summed E-state index contributed by atoms with van der Waals surface area (Å²) in [6.07, 6.45) is 14.8. The highest BCUT2D eigenvalue weighted by Crippen LogP contribution is 2.61. The lowest BCUT2D eigenvalue weighted by molar-refractivity contribution is -0.144. The number of aliphatic hydroxyl groups is 1. The van der Waals surface area contributed by atoms with E-state index in [-0.39, 0.29) is 29.6 Å². The van der Waals surface area contributed by atoms with Gasteiger partial charge in [-0.25, -0.2) is 0 Å². The summed E-state index contributed by atoms with van der Waals surface area (Å²) in [4.78, 5) is 48.4. The van der Waals surface area contributed by atoms with E-state index in [4.69, 9.17) is 0 Å². The van der Waals surface area contributed by atoms with E-state index in [1.54, 1.807) is 11.8 Å². The Morgan fingerprint density at radius 1 is 0.875 bits per heavy atom. The number of benzene rings is 1. The van der Waals surface area contributed by atoms with Gasteiger partial charge in [0.2, 0.25) is 17.7 Å². The number of rotatable bonds is 12. The molecule has 0 aliphatic carbocycles. The van der Waals surface area contributed by atoms with Crippen LogP contribution in [0.25, 0.3) is 0 Å². The maximum Gasteiger partial charge on any atom is 0.247 e. The lowest BCUT2D eigenvalue weighted by atomic mass is 9.78. The number of hydrogen-bond donors (Lipinski definition) is 1. The fraction of sp³-hybridized carbons (Fsp3) is 0.594. The van der Waals surface area contributed by atoms with Crippen molar-refractivity contribution in [2.24, 2.45) is 11.8 Å². The van der Waals surface area contributed by atoms with E-state index in [1.165, 1.54) is 0 Å². The Bertz CT molecular complexity index is 1120. The first-order chi connectivity index (χ1) is 19.5. The van der Waals surface area contributed by atoms with Gasteiger partial charge in [-0.15, -0.1) is 11.8 Å². The van der Waals surface area contributed by atoms with Gasteiger partial charge in [-0.3, -0.25) is 14.4 Å². The Balaban J connectivity index is 1.45. The summed E-state index contributed by atoms with van der Waals surface area (Å²) >= 11 is 1.66. The second-order valence-corrected chi connectivity index (χ2v) is 13.0. The molecule has 1 spiro atoms. The van der Waals surface area contributed by atoms with Crippen LogP contribution in [0.4, 0.5) is 0 Å². The van der Waals surface area contributed by atoms with Crippen molar-refractivity contribution in [3.63, 3.8) is 0 Å². The zero-order chi connectivity index (χ0) is 28.1. The normalized spacial score (nSPS) is 29.4. The molecule has 2 saturated heterocycles. The van der Waals surface area contributed by atoms with Gasteiger partial charge in [-0.1, -0.05) is 87.2 Å². The van der Waals surface area contributed by atoms with E-state index in [0.29, 0.717) is 32.7 Å². The zero-order valence-corrected chi connectivity index (χ0v) is 24.4. The van der Waals surface area contributed by atoms with Crippen LogP contribution in [0.1, 0.15) is 57.4 Å². The first-order valence-corrected chi connectivity index (χ1v) is 15.9. The largest absolute Gasteiger partial charge is 0.396 e. The molecule has 5 atom stereocenters. The molecule has 7 nitrogen and oxygen atoms in total. The van der Waals surface area contributed by atoms with E-state index in [0.717, 1.165) is 50.5 Å². The van der Waals surface area contributed by atoms with Crippen molar-refractivity contribution in [3.05, 3.63) is 60.2 Å². The maximum atomic E-state index is 14.3. The number of thioether (sulfide) groups is 1. The molecular formula is C32H43N3O4S. The van der Waals surface area contributed by atoms with Crippen LogP contribution in [-0.4, -0.2) is 86.4 Å². The molecule has 2 fully saturated rings. The maximum absolute atomic E-state index is 14.3. The van der Waals surface area contributed by atoms with Crippen LogP contribution in [0.3, 0.4) is 0 Å². The molecule has 4 aliphatic rings. The number of nitrogens with zero attached hydrogens (tertiary/aromatic N) is 3. The fourth-order valence-electron chi connectivity index (χ4n) is 6.92. The third kappa shape index (κ3) is 5.49. The topological polar surface area (TPSA) is 81.2 Å². The van der Waals surface area contributed by atoms with Crippen molar-refractivity contribution >= 4 is 29.5 Å². The van der Waals surface area contributed by atoms with Crippen LogP contribution in [0, 0.1) is 11.8 Å². The summed E-state index contributed by atoms with van der Waals surface area (Å²) in [7, 11) is 0. The predicted octanol–water partition coefficient (Wildman–Crippen LogP) is 4.02. The molecular weight excluding hydrogens is 522 g/mol. The Kier molecular flexibility index (Phi) is 9.36. The van der Waals surface area contributed by atoms with Gasteiger partial charge >= 0.3 is 0 Å². The molecule has 1 unspecified atom stereocenters. The summed E-state index contributed by atoms with van der Waals surface area (Å²) in [5.74, 6) is -1.08. The quantitative estimate of drug-likeness (QED) is 0.306. The Morgan fingerprint density at radius 2 is 1.62 bits per heavy atom. The van der Waals surface area contributed by atoms with Gasteiger partial charge in [-0.05, 0) is 24.8 Å². The van der Waals surface area contributed by atoms with Gasteiger partial charge in [0.15, 0.2) is 0 Å². The monoisotopic (exact) mass is 565 g/mol. The number of fused-ring (bicyclic) bond motifs is 2. The smallest absolute Gasteiger partial charge is 0.247 e. The van der Waals surface area contributed by atoms with Gasteiger partial charge in [0.1, 0.15) is 6.04 Å². The molecule has 0 aromatic heterocycles. The average Bonchev–Trinajstić information content (AvgIpc) is 3.28. The Labute approximate surface area is 242 Å². The van der Waals surface area contributed by atoms with E-state index in [1.807, 2.05) is 45.0 Å². The van der Waals surface area contributed by atoms with E-state index in [9.17, 15) is 19.5 Å². The van der Waals surface area contributed by atoms with Crippen LogP contribution in [-0.2, 0) is 20.9 Å². The van der Waals surface area contributed by atoms with Crippen LogP contribution < -0.4 is 0 Å². The van der Waals surface area contributed by atoms with Crippen molar-refractivity contribution in [1.29, 1.82) is 0 Å².